The van der Waals surface area contributed by atoms with Crippen molar-refractivity contribution in [2.75, 3.05) is 27.3 Å². The van der Waals surface area contributed by atoms with Crippen LogP contribution in [0.5, 0.6) is 11.5 Å². The number of aliphatic imine (C=N–C) groups is 1. The average molecular weight is 487 g/mol. The summed E-state index contributed by atoms with van der Waals surface area (Å²) in [4.78, 5) is 4.69. The lowest BCUT2D eigenvalue weighted by Crippen LogP contribution is -2.38. The number of nitrogens with zero attached hydrogens (tertiary/aromatic N) is 1. The van der Waals surface area contributed by atoms with Crippen molar-refractivity contribution in [1.29, 1.82) is 0 Å². The van der Waals surface area contributed by atoms with Gasteiger partial charge < -0.3 is 24.5 Å². The predicted octanol–water partition coefficient (Wildman–Crippen LogP) is 3.99. The molecule has 1 aromatic heterocycles. The van der Waals surface area contributed by atoms with Crippen molar-refractivity contribution < 1.29 is 13.9 Å². The molecule has 27 heavy (non-hydrogen) atoms. The van der Waals surface area contributed by atoms with Gasteiger partial charge in [0.25, 0.3) is 0 Å². The highest BCUT2D eigenvalue weighted by atomic mass is 127. The second-order valence-corrected chi connectivity index (χ2v) is 5.88. The molecule has 2 N–H and O–H groups in total. The van der Waals surface area contributed by atoms with Crippen molar-refractivity contribution in [3.63, 3.8) is 0 Å². The molecule has 0 saturated heterocycles. The normalized spacial score (nSPS) is 10.9. The van der Waals surface area contributed by atoms with Crippen molar-refractivity contribution in [2.45, 2.75) is 32.7 Å². The third kappa shape index (κ3) is 8.11. The van der Waals surface area contributed by atoms with Gasteiger partial charge in [-0.3, -0.25) is 0 Å². The topological polar surface area (TPSA) is 68.0 Å². The Morgan fingerprint density at radius 1 is 1.11 bits per heavy atom. The average Bonchev–Trinajstić information content (AvgIpc) is 3.19. The molecule has 0 aliphatic carbocycles. The summed E-state index contributed by atoms with van der Waals surface area (Å²) in [6, 6.07) is 9.65. The fraction of sp³-hybridized carbons (Fsp3) is 0.450. The van der Waals surface area contributed by atoms with Gasteiger partial charge in [0.1, 0.15) is 17.3 Å². The van der Waals surface area contributed by atoms with Gasteiger partial charge in [0.05, 0.1) is 27.0 Å². The lowest BCUT2D eigenvalue weighted by Gasteiger charge is -2.13. The number of hydrogen-bond acceptors (Lipinski definition) is 4. The van der Waals surface area contributed by atoms with Crippen molar-refractivity contribution in [3.05, 3.63) is 47.9 Å². The molecule has 7 heteroatoms. The van der Waals surface area contributed by atoms with E-state index in [0.29, 0.717) is 6.54 Å². The second-order valence-electron chi connectivity index (χ2n) is 5.88. The highest BCUT2D eigenvalue weighted by Gasteiger charge is 2.06. The molecule has 0 bridgehead atoms. The first kappa shape index (κ1) is 23.1. The van der Waals surface area contributed by atoms with E-state index in [1.54, 1.807) is 20.5 Å². The van der Waals surface area contributed by atoms with Gasteiger partial charge in [-0.25, -0.2) is 4.99 Å². The molecule has 0 aliphatic heterocycles. The van der Waals surface area contributed by atoms with Gasteiger partial charge >= 0.3 is 0 Å². The van der Waals surface area contributed by atoms with E-state index >= 15 is 0 Å². The number of furan rings is 1. The first-order valence-corrected chi connectivity index (χ1v) is 9.02. The van der Waals surface area contributed by atoms with Crippen LogP contribution in [-0.4, -0.2) is 33.3 Å². The summed E-state index contributed by atoms with van der Waals surface area (Å²) in [5.74, 6) is 3.30. The smallest absolute Gasteiger partial charge is 0.191 e. The van der Waals surface area contributed by atoms with Gasteiger partial charge in [0, 0.05) is 31.1 Å². The number of hydrogen-bond donors (Lipinski definition) is 2. The highest BCUT2D eigenvalue weighted by Crippen LogP contribution is 2.25. The summed E-state index contributed by atoms with van der Waals surface area (Å²) in [6.07, 6.45) is 4.75. The van der Waals surface area contributed by atoms with Crippen molar-refractivity contribution in [1.82, 2.24) is 10.6 Å². The van der Waals surface area contributed by atoms with Crippen LogP contribution in [0.4, 0.5) is 0 Å². The molecule has 2 rings (SSSR count). The molecule has 0 aliphatic rings. The zero-order valence-electron chi connectivity index (χ0n) is 16.3. The Labute approximate surface area is 178 Å². The molecule has 0 atom stereocenters. The van der Waals surface area contributed by atoms with Crippen LogP contribution in [0.25, 0.3) is 0 Å². The van der Waals surface area contributed by atoms with Gasteiger partial charge in [0.15, 0.2) is 5.96 Å². The number of ether oxygens (including phenoxy) is 2. The Kier molecular flexibility index (Phi) is 11.4. The predicted molar refractivity (Wildman–Crippen MR) is 119 cm³/mol. The number of halogens is 1. The van der Waals surface area contributed by atoms with Crippen LogP contribution < -0.4 is 20.1 Å². The minimum absolute atomic E-state index is 0. The highest BCUT2D eigenvalue weighted by molar-refractivity contribution is 14.0. The molecule has 0 saturated carbocycles. The molecule has 2 aromatic rings. The second kappa shape index (κ2) is 13.3. The van der Waals surface area contributed by atoms with Crippen LogP contribution >= 0.6 is 24.0 Å². The van der Waals surface area contributed by atoms with Crippen LogP contribution in [-0.2, 0) is 13.0 Å². The Hall–Kier alpha value is -1.90. The fourth-order valence-corrected chi connectivity index (χ4v) is 2.46. The van der Waals surface area contributed by atoms with E-state index in [0.717, 1.165) is 61.1 Å². The van der Waals surface area contributed by atoms with Crippen LogP contribution in [0.15, 0.2) is 46.0 Å². The maximum atomic E-state index is 5.45. The summed E-state index contributed by atoms with van der Waals surface area (Å²) >= 11 is 0. The van der Waals surface area contributed by atoms with Gasteiger partial charge in [-0.2, -0.15) is 0 Å². The van der Waals surface area contributed by atoms with E-state index in [1.807, 2.05) is 30.3 Å². The minimum atomic E-state index is 0. The third-order valence-corrected chi connectivity index (χ3v) is 3.97. The molecular formula is C20H30IN3O3. The number of unbranched alkanes of at least 4 members (excludes halogenated alkanes) is 1. The molecule has 6 nitrogen and oxygen atoms in total. The van der Waals surface area contributed by atoms with E-state index in [9.17, 15) is 0 Å². The first-order valence-electron chi connectivity index (χ1n) is 9.02. The maximum absolute atomic E-state index is 5.45. The summed E-state index contributed by atoms with van der Waals surface area (Å²) in [5.41, 5.74) is 1.01. The third-order valence-electron chi connectivity index (χ3n) is 3.97. The Morgan fingerprint density at radius 3 is 2.59 bits per heavy atom. The molecule has 0 radical (unpaired) electrons. The molecule has 1 aromatic carbocycles. The number of benzene rings is 1. The molecule has 150 valence electrons. The maximum Gasteiger partial charge on any atom is 0.191 e. The Morgan fingerprint density at radius 2 is 1.93 bits per heavy atom. The molecular weight excluding hydrogens is 457 g/mol. The van der Waals surface area contributed by atoms with Crippen molar-refractivity contribution in [3.8, 4) is 11.5 Å². The Bertz CT molecular complexity index is 675. The van der Waals surface area contributed by atoms with Gasteiger partial charge in [-0.15, -0.1) is 24.0 Å². The standard InChI is InChI=1S/C20H29N3O3.HI/c1-4-5-11-21-20(22-12-10-17-7-6-13-26-17)23-15-16-8-9-18(24-2)14-19(16)25-3;/h6-9,13-14H,4-5,10-12,15H2,1-3H3,(H2,21,22,23);1H. The quantitative estimate of drug-likeness (QED) is 0.230. The zero-order valence-corrected chi connectivity index (χ0v) is 18.6. The summed E-state index contributed by atoms with van der Waals surface area (Å²) in [5, 5.41) is 6.73. The Balaban J connectivity index is 0.00000364. The van der Waals surface area contributed by atoms with E-state index in [2.05, 4.69) is 17.6 Å². The van der Waals surface area contributed by atoms with E-state index in [4.69, 9.17) is 18.9 Å². The number of nitrogens with one attached hydrogen (secondary N) is 2. The van der Waals surface area contributed by atoms with Gasteiger partial charge in [0.2, 0.25) is 0 Å². The SMILES string of the molecule is CCCCNC(=NCc1ccc(OC)cc1OC)NCCc1ccco1.I. The zero-order chi connectivity index (χ0) is 18.6. The van der Waals surface area contributed by atoms with E-state index < -0.39 is 0 Å². The summed E-state index contributed by atoms with van der Waals surface area (Å²) in [6.45, 7) is 4.34. The van der Waals surface area contributed by atoms with Crippen molar-refractivity contribution >= 4 is 29.9 Å². The lowest BCUT2D eigenvalue weighted by molar-refractivity contribution is 0.391. The molecule has 0 spiro atoms. The lowest BCUT2D eigenvalue weighted by atomic mass is 10.2. The van der Waals surface area contributed by atoms with Crippen LogP contribution in [0.3, 0.4) is 0 Å². The van der Waals surface area contributed by atoms with Crippen LogP contribution in [0.1, 0.15) is 31.1 Å². The monoisotopic (exact) mass is 487 g/mol. The molecule has 0 fully saturated rings. The number of guanidine groups is 1. The number of rotatable bonds is 10. The molecule has 1 heterocycles. The molecule has 0 unspecified atom stereocenters. The summed E-state index contributed by atoms with van der Waals surface area (Å²) in [7, 11) is 3.30. The largest absolute Gasteiger partial charge is 0.497 e. The fourth-order valence-electron chi connectivity index (χ4n) is 2.46. The van der Waals surface area contributed by atoms with Crippen LogP contribution in [0, 0.1) is 0 Å². The molecule has 0 amide bonds. The first-order chi connectivity index (χ1) is 12.8. The van der Waals surface area contributed by atoms with Gasteiger partial charge in [-0.05, 0) is 30.7 Å². The van der Waals surface area contributed by atoms with E-state index in [-0.39, 0.29) is 24.0 Å². The summed E-state index contributed by atoms with van der Waals surface area (Å²) < 4.78 is 16.1. The van der Waals surface area contributed by atoms with E-state index in [1.165, 1.54) is 0 Å². The minimum Gasteiger partial charge on any atom is -0.497 e. The van der Waals surface area contributed by atoms with Crippen molar-refractivity contribution in [2.24, 2.45) is 4.99 Å². The van der Waals surface area contributed by atoms with Crippen LogP contribution in [0.2, 0.25) is 0 Å². The van der Waals surface area contributed by atoms with Gasteiger partial charge in [-0.1, -0.05) is 13.3 Å². The number of methoxy groups -OCH3 is 2.